The summed E-state index contributed by atoms with van der Waals surface area (Å²) in [6.45, 7) is 6.21. The fourth-order valence-corrected chi connectivity index (χ4v) is 3.96. The SMILES string of the molecule is CCNC(=NCC1(C(=O)N(C)C)CCCC1)NCCc1cc(C)ccc1OC.I. The highest BCUT2D eigenvalue weighted by Gasteiger charge is 2.42. The van der Waals surface area contributed by atoms with Crippen LogP contribution in [0.3, 0.4) is 0 Å². The number of hydrogen-bond acceptors (Lipinski definition) is 3. The Hall–Kier alpha value is -1.51. The highest BCUT2D eigenvalue weighted by atomic mass is 127. The number of amides is 1. The van der Waals surface area contributed by atoms with Gasteiger partial charge in [-0.15, -0.1) is 24.0 Å². The summed E-state index contributed by atoms with van der Waals surface area (Å²) in [5.41, 5.74) is 2.06. The Bertz CT molecular complexity index is 685. The van der Waals surface area contributed by atoms with Crippen LogP contribution < -0.4 is 15.4 Å². The lowest BCUT2D eigenvalue weighted by molar-refractivity contribution is -0.138. The van der Waals surface area contributed by atoms with Crippen molar-refractivity contribution in [2.24, 2.45) is 10.4 Å². The molecular formula is C22H37IN4O2. The molecule has 0 bridgehead atoms. The van der Waals surface area contributed by atoms with Gasteiger partial charge < -0.3 is 20.3 Å². The quantitative estimate of drug-likeness (QED) is 0.316. The molecule has 0 unspecified atom stereocenters. The Balaban J connectivity index is 0.00000420. The minimum Gasteiger partial charge on any atom is -0.496 e. The molecule has 0 saturated heterocycles. The molecule has 2 rings (SSSR count). The third-order valence-electron chi connectivity index (χ3n) is 5.43. The fraction of sp³-hybridized carbons (Fsp3) is 0.636. The predicted octanol–water partition coefficient (Wildman–Crippen LogP) is 3.37. The van der Waals surface area contributed by atoms with Crippen molar-refractivity contribution in [3.8, 4) is 5.75 Å². The van der Waals surface area contributed by atoms with E-state index in [1.807, 2.05) is 20.2 Å². The highest BCUT2D eigenvalue weighted by Crippen LogP contribution is 2.39. The summed E-state index contributed by atoms with van der Waals surface area (Å²) in [6.07, 6.45) is 4.90. The summed E-state index contributed by atoms with van der Waals surface area (Å²) in [5, 5.41) is 6.71. The fourth-order valence-electron chi connectivity index (χ4n) is 3.96. The van der Waals surface area contributed by atoms with Crippen molar-refractivity contribution in [3.63, 3.8) is 0 Å². The number of nitrogens with one attached hydrogen (secondary N) is 2. The van der Waals surface area contributed by atoms with Gasteiger partial charge in [-0.05, 0) is 44.7 Å². The van der Waals surface area contributed by atoms with Crippen molar-refractivity contribution in [2.45, 2.75) is 46.0 Å². The molecule has 0 aliphatic heterocycles. The van der Waals surface area contributed by atoms with Gasteiger partial charge in [-0.25, -0.2) is 0 Å². The van der Waals surface area contributed by atoms with Crippen LogP contribution in [0.4, 0.5) is 0 Å². The van der Waals surface area contributed by atoms with E-state index in [0.29, 0.717) is 6.54 Å². The molecule has 0 heterocycles. The average molecular weight is 516 g/mol. The first-order valence-corrected chi connectivity index (χ1v) is 10.3. The number of halogens is 1. The number of guanidine groups is 1. The van der Waals surface area contributed by atoms with Gasteiger partial charge in [-0.3, -0.25) is 9.79 Å². The lowest BCUT2D eigenvalue weighted by Crippen LogP contribution is -2.43. The first-order valence-electron chi connectivity index (χ1n) is 10.3. The van der Waals surface area contributed by atoms with E-state index in [2.05, 4.69) is 36.6 Å². The molecule has 7 heteroatoms. The van der Waals surface area contributed by atoms with Crippen LogP contribution in [0.5, 0.6) is 5.75 Å². The highest BCUT2D eigenvalue weighted by molar-refractivity contribution is 14.0. The average Bonchev–Trinajstić information content (AvgIpc) is 3.15. The van der Waals surface area contributed by atoms with Gasteiger partial charge in [-0.1, -0.05) is 30.5 Å². The second-order valence-electron chi connectivity index (χ2n) is 7.87. The van der Waals surface area contributed by atoms with E-state index in [4.69, 9.17) is 9.73 Å². The zero-order valence-electron chi connectivity index (χ0n) is 18.5. The van der Waals surface area contributed by atoms with E-state index >= 15 is 0 Å². The summed E-state index contributed by atoms with van der Waals surface area (Å²) < 4.78 is 5.47. The van der Waals surface area contributed by atoms with E-state index in [9.17, 15) is 4.79 Å². The van der Waals surface area contributed by atoms with Gasteiger partial charge in [0.15, 0.2) is 5.96 Å². The summed E-state index contributed by atoms with van der Waals surface area (Å²) >= 11 is 0. The lowest BCUT2D eigenvalue weighted by atomic mass is 9.85. The van der Waals surface area contributed by atoms with Gasteiger partial charge >= 0.3 is 0 Å². The smallest absolute Gasteiger partial charge is 0.230 e. The third-order valence-corrected chi connectivity index (χ3v) is 5.43. The predicted molar refractivity (Wildman–Crippen MR) is 130 cm³/mol. The summed E-state index contributed by atoms with van der Waals surface area (Å²) in [6, 6.07) is 6.23. The molecule has 0 atom stereocenters. The molecule has 1 fully saturated rings. The minimum absolute atomic E-state index is 0. The van der Waals surface area contributed by atoms with E-state index in [0.717, 1.165) is 56.9 Å². The number of nitrogens with zero attached hydrogens (tertiary/aromatic N) is 2. The van der Waals surface area contributed by atoms with E-state index in [1.54, 1.807) is 12.0 Å². The van der Waals surface area contributed by atoms with Crippen molar-refractivity contribution in [1.82, 2.24) is 15.5 Å². The number of aryl methyl sites for hydroxylation is 1. The first-order chi connectivity index (χ1) is 13.4. The van der Waals surface area contributed by atoms with Crippen LogP contribution in [0.2, 0.25) is 0 Å². The molecule has 164 valence electrons. The summed E-state index contributed by atoms with van der Waals surface area (Å²) in [4.78, 5) is 19.2. The van der Waals surface area contributed by atoms with Crippen molar-refractivity contribution in [1.29, 1.82) is 0 Å². The molecule has 1 amide bonds. The molecule has 29 heavy (non-hydrogen) atoms. The molecule has 1 aliphatic carbocycles. The molecule has 1 aromatic carbocycles. The van der Waals surface area contributed by atoms with Crippen LogP contribution in [0.25, 0.3) is 0 Å². The molecule has 0 spiro atoms. The Morgan fingerprint density at radius 3 is 2.52 bits per heavy atom. The van der Waals surface area contributed by atoms with Crippen LogP contribution in [0, 0.1) is 12.3 Å². The van der Waals surface area contributed by atoms with Gasteiger partial charge in [0.1, 0.15) is 5.75 Å². The van der Waals surface area contributed by atoms with E-state index in [-0.39, 0.29) is 35.3 Å². The van der Waals surface area contributed by atoms with Crippen molar-refractivity contribution in [3.05, 3.63) is 29.3 Å². The molecule has 0 radical (unpaired) electrons. The maximum absolute atomic E-state index is 12.7. The molecule has 1 aliphatic rings. The Kier molecular flexibility index (Phi) is 10.8. The number of rotatable bonds is 8. The minimum atomic E-state index is -0.342. The van der Waals surface area contributed by atoms with Gasteiger partial charge in [0, 0.05) is 27.2 Å². The number of aliphatic imine (C=N–C) groups is 1. The van der Waals surface area contributed by atoms with Crippen LogP contribution in [-0.4, -0.2) is 57.6 Å². The molecule has 1 saturated carbocycles. The third kappa shape index (κ3) is 7.04. The molecule has 6 nitrogen and oxygen atoms in total. The van der Waals surface area contributed by atoms with Gasteiger partial charge in [0.2, 0.25) is 5.91 Å². The second kappa shape index (κ2) is 12.2. The Morgan fingerprint density at radius 2 is 1.93 bits per heavy atom. The Labute approximate surface area is 192 Å². The standard InChI is InChI=1S/C22H36N4O2.HI/c1-6-23-21(24-14-11-18-15-17(2)9-10-19(18)28-5)25-16-22(12-7-8-13-22)20(27)26(3)4;/h9-10,15H,6-8,11-14,16H2,1-5H3,(H2,23,24,25);1H. The number of hydrogen-bond donors (Lipinski definition) is 2. The van der Waals surface area contributed by atoms with Gasteiger partial charge in [0.25, 0.3) is 0 Å². The van der Waals surface area contributed by atoms with Crippen molar-refractivity contribution in [2.75, 3.05) is 40.8 Å². The lowest BCUT2D eigenvalue weighted by Gasteiger charge is -2.29. The van der Waals surface area contributed by atoms with Crippen LogP contribution in [0.1, 0.15) is 43.7 Å². The molecule has 1 aromatic rings. The zero-order chi connectivity index (χ0) is 20.6. The largest absolute Gasteiger partial charge is 0.496 e. The Morgan fingerprint density at radius 1 is 1.24 bits per heavy atom. The monoisotopic (exact) mass is 516 g/mol. The maximum atomic E-state index is 12.7. The molecular weight excluding hydrogens is 479 g/mol. The van der Waals surface area contributed by atoms with Gasteiger partial charge in [-0.2, -0.15) is 0 Å². The number of benzene rings is 1. The van der Waals surface area contributed by atoms with Gasteiger partial charge in [0.05, 0.1) is 19.1 Å². The number of carbonyl (C=O) groups excluding carboxylic acids is 1. The van der Waals surface area contributed by atoms with Crippen molar-refractivity contribution >= 4 is 35.8 Å². The zero-order valence-corrected chi connectivity index (χ0v) is 20.8. The van der Waals surface area contributed by atoms with E-state index < -0.39 is 0 Å². The topological polar surface area (TPSA) is 66.0 Å². The first kappa shape index (κ1) is 25.5. The van der Waals surface area contributed by atoms with Crippen LogP contribution in [-0.2, 0) is 11.2 Å². The number of carbonyl (C=O) groups is 1. The van der Waals surface area contributed by atoms with E-state index in [1.165, 1.54) is 11.1 Å². The summed E-state index contributed by atoms with van der Waals surface area (Å²) in [5.74, 6) is 1.89. The molecule has 0 aromatic heterocycles. The summed E-state index contributed by atoms with van der Waals surface area (Å²) in [7, 11) is 5.38. The number of methoxy groups -OCH3 is 1. The van der Waals surface area contributed by atoms with Crippen molar-refractivity contribution < 1.29 is 9.53 Å². The second-order valence-corrected chi connectivity index (χ2v) is 7.87. The van der Waals surface area contributed by atoms with Crippen LogP contribution >= 0.6 is 24.0 Å². The van der Waals surface area contributed by atoms with Crippen LogP contribution in [0.15, 0.2) is 23.2 Å². The number of ether oxygens (including phenoxy) is 1. The molecule has 2 N–H and O–H groups in total. The normalized spacial score (nSPS) is 15.4. The maximum Gasteiger partial charge on any atom is 0.230 e.